The standard InChI is InChI=1S/C23H36N6O4/c1-12(2)16(27-20(31)15-10-25-8-9-26-15)21(32)28-18(23(5,6)7)22(33)29-11-13(3)14(4)17(29)19(24)30/h8-10,12-14,16-18H,11H2,1-7H3,(H2,24,30)(H,27,31)(H,28,32)/t13-,14-,16-,17-,18+/m0/s1. The van der Waals surface area contributed by atoms with E-state index in [1.54, 1.807) is 13.8 Å². The summed E-state index contributed by atoms with van der Waals surface area (Å²) in [4.78, 5) is 60.8. The maximum Gasteiger partial charge on any atom is 0.272 e. The molecule has 10 nitrogen and oxygen atoms in total. The average Bonchev–Trinajstić information content (AvgIpc) is 3.03. The van der Waals surface area contributed by atoms with E-state index in [1.165, 1.54) is 23.5 Å². The first kappa shape index (κ1) is 26.2. The van der Waals surface area contributed by atoms with Crippen LogP contribution >= 0.6 is 0 Å². The van der Waals surface area contributed by atoms with Crippen LogP contribution in [0.3, 0.4) is 0 Å². The smallest absolute Gasteiger partial charge is 0.272 e. The van der Waals surface area contributed by atoms with E-state index < -0.39 is 41.3 Å². The van der Waals surface area contributed by atoms with Gasteiger partial charge in [0.25, 0.3) is 5.91 Å². The molecule has 4 amide bonds. The first-order valence-electron chi connectivity index (χ1n) is 11.2. The molecule has 10 heteroatoms. The Balaban J connectivity index is 2.26. The van der Waals surface area contributed by atoms with Gasteiger partial charge in [-0.15, -0.1) is 0 Å². The summed E-state index contributed by atoms with van der Waals surface area (Å²) in [5.74, 6) is -2.20. The molecule has 182 valence electrons. The van der Waals surface area contributed by atoms with Crippen LogP contribution in [0.2, 0.25) is 0 Å². The van der Waals surface area contributed by atoms with E-state index in [2.05, 4.69) is 20.6 Å². The molecule has 2 rings (SSSR count). The second-order valence-electron chi connectivity index (χ2n) is 10.3. The lowest BCUT2D eigenvalue weighted by Crippen LogP contribution is -2.61. The fourth-order valence-corrected chi connectivity index (χ4v) is 4.04. The summed E-state index contributed by atoms with van der Waals surface area (Å²) in [7, 11) is 0. The maximum atomic E-state index is 13.6. The molecule has 0 aromatic carbocycles. The maximum absolute atomic E-state index is 13.6. The Morgan fingerprint density at radius 2 is 1.76 bits per heavy atom. The Hall–Kier alpha value is -3.04. The first-order chi connectivity index (χ1) is 15.3. The molecule has 0 bridgehead atoms. The summed E-state index contributed by atoms with van der Waals surface area (Å²) in [6, 6.07) is -2.55. The number of primary amides is 1. The third kappa shape index (κ3) is 6.06. The van der Waals surface area contributed by atoms with Crippen LogP contribution in [-0.4, -0.2) is 63.2 Å². The largest absolute Gasteiger partial charge is 0.368 e. The highest BCUT2D eigenvalue weighted by molar-refractivity contribution is 5.98. The van der Waals surface area contributed by atoms with Crippen LogP contribution in [0.1, 0.15) is 59.0 Å². The SMILES string of the molecule is CC(C)[C@H](NC(=O)c1cnccn1)C(=O)N[C@H](C(=O)N1C[C@H](C)[C@H](C)[C@H]1C(N)=O)C(C)(C)C. The third-order valence-corrected chi connectivity index (χ3v) is 6.22. The van der Waals surface area contributed by atoms with Gasteiger partial charge in [-0.05, 0) is 23.2 Å². The van der Waals surface area contributed by atoms with Crippen molar-refractivity contribution < 1.29 is 19.2 Å². The Morgan fingerprint density at radius 3 is 2.24 bits per heavy atom. The lowest BCUT2D eigenvalue weighted by Gasteiger charge is -2.36. The zero-order valence-corrected chi connectivity index (χ0v) is 20.5. The predicted octanol–water partition coefficient (Wildman–Crippen LogP) is 0.730. The van der Waals surface area contributed by atoms with Gasteiger partial charge in [-0.2, -0.15) is 0 Å². The molecule has 0 radical (unpaired) electrons. The van der Waals surface area contributed by atoms with Crippen molar-refractivity contribution in [3.63, 3.8) is 0 Å². The monoisotopic (exact) mass is 460 g/mol. The van der Waals surface area contributed by atoms with Crippen molar-refractivity contribution in [2.75, 3.05) is 6.54 Å². The summed E-state index contributed by atoms with van der Waals surface area (Å²) >= 11 is 0. The van der Waals surface area contributed by atoms with E-state index in [1.807, 2.05) is 34.6 Å². The van der Waals surface area contributed by atoms with Gasteiger partial charge in [0.05, 0.1) is 6.20 Å². The van der Waals surface area contributed by atoms with Crippen molar-refractivity contribution in [2.24, 2.45) is 28.9 Å². The van der Waals surface area contributed by atoms with Gasteiger partial charge in [0.1, 0.15) is 23.8 Å². The highest BCUT2D eigenvalue weighted by Gasteiger charge is 2.47. The minimum Gasteiger partial charge on any atom is -0.368 e. The van der Waals surface area contributed by atoms with Crippen molar-refractivity contribution in [1.29, 1.82) is 0 Å². The molecule has 5 atom stereocenters. The summed E-state index contributed by atoms with van der Waals surface area (Å²) in [6.07, 6.45) is 4.15. The fraction of sp³-hybridized carbons (Fsp3) is 0.652. The molecule has 0 aliphatic carbocycles. The Kier molecular flexibility index (Phi) is 8.16. The van der Waals surface area contributed by atoms with E-state index in [9.17, 15) is 19.2 Å². The second kappa shape index (κ2) is 10.3. The van der Waals surface area contributed by atoms with Crippen LogP contribution in [0, 0.1) is 23.2 Å². The summed E-state index contributed by atoms with van der Waals surface area (Å²) in [5, 5.41) is 5.51. The van der Waals surface area contributed by atoms with Crippen molar-refractivity contribution in [3.8, 4) is 0 Å². The number of carbonyl (C=O) groups is 4. The van der Waals surface area contributed by atoms with Gasteiger partial charge >= 0.3 is 0 Å². The molecule has 2 heterocycles. The Morgan fingerprint density at radius 1 is 1.12 bits per heavy atom. The van der Waals surface area contributed by atoms with Crippen molar-refractivity contribution in [1.82, 2.24) is 25.5 Å². The number of amides is 4. The molecule has 1 aromatic heterocycles. The molecule has 1 aliphatic heterocycles. The number of nitrogens with two attached hydrogens (primary N) is 1. The predicted molar refractivity (Wildman–Crippen MR) is 123 cm³/mol. The summed E-state index contributed by atoms with van der Waals surface area (Å²) in [6.45, 7) is 13.3. The third-order valence-electron chi connectivity index (χ3n) is 6.22. The molecule has 1 fully saturated rings. The molecule has 0 unspecified atom stereocenters. The molecule has 1 saturated heterocycles. The van der Waals surface area contributed by atoms with E-state index in [0.717, 1.165) is 0 Å². The number of hydrogen-bond acceptors (Lipinski definition) is 6. The topological polar surface area (TPSA) is 147 Å². The summed E-state index contributed by atoms with van der Waals surface area (Å²) in [5.41, 5.74) is 5.04. The molecular weight excluding hydrogens is 424 g/mol. The molecule has 0 saturated carbocycles. The van der Waals surface area contributed by atoms with Crippen LogP contribution in [0.15, 0.2) is 18.6 Å². The molecule has 1 aromatic rings. The van der Waals surface area contributed by atoms with E-state index >= 15 is 0 Å². The van der Waals surface area contributed by atoms with Crippen LogP contribution in [0.4, 0.5) is 0 Å². The van der Waals surface area contributed by atoms with Gasteiger partial charge in [0.2, 0.25) is 17.7 Å². The van der Waals surface area contributed by atoms with Gasteiger partial charge in [0, 0.05) is 18.9 Å². The highest BCUT2D eigenvalue weighted by atomic mass is 16.2. The van der Waals surface area contributed by atoms with Crippen LogP contribution in [-0.2, 0) is 14.4 Å². The Bertz CT molecular complexity index is 883. The van der Waals surface area contributed by atoms with E-state index in [0.29, 0.717) is 6.54 Å². The zero-order chi connectivity index (χ0) is 25.1. The molecule has 33 heavy (non-hydrogen) atoms. The second-order valence-corrected chi connectivity index (χ2v) is 10.3. The van der Waals surface area contributed by atoms with Crippen LogP contribution < -0.4 is 16.4 Å². The van der Waals surface area contributed by atoms with Gasteiger partial charge in [-0.3, -0.25) is 24.2 Å². The van der Waals surface area contributed by atoms with Gasteiger partial charge < -0.3 is 21.3 Å². The number of hydrogen-bond donors (Lipinski definition) is 3. The summed E-state index contributed by atoms with van der Waals surface area (Å²) < 4.78 is 0. The molecule has 0 spiro atoms. The lowest BCUT2D eigenvalue weighted by atomic mass is 9.85. The molecule has 4 N–H and O–H groups in total. The van der Waals surface area contributed by atoms with Gasteiger partial charge in [-0.1, -0.05) is 48.5 Å². The number of nitrogens with zero attached hydrogens (tertiary/aromatic N) is 3. The molecule has 1 aliphatic rings. The average molecular weight is 461 g/mol. The van der Waals surface area contributed by atoms with Crippen molar-refractivity contribution in [2.45, 2.75) is 66.6 Å². The fourth-order valence-electron chi connectivity index (χ4n) is 4.04. The minimum absolute atomic E-state index is 0.0857. The van der Waals surface area contributed by atoms with E-state index in [-0.39, 0.29) is 29.4 Å². The number of aromatic nitrogens is 2. The van der Waals surface area contributed by atoms with Crippen LogP contribution in [0.5, 0.6) is 0 Å². The van der Waals surface area contributed by atoms with Gasteiger partial charge in [-0.25, -0.2) is 4.98 Å². The minimum atomic E-state index is -0.918. The number of carbonyl (C=O) groups excluding carboxylic acids is 4. The normalized spacial score (nSPS) is 22.5. The van der Waals surface area contributed by atoms with Crippen molar-refractivity contribution in [3.05, 3.63) is 24.3 Å². The zero-order valence-electron chi connectivity index (χ0n) is 20.5. The number of rotatable bonds is 7. The lowest BCUT2D eigenvalue weighted by molar-refractivity contribution is -0.144. The van der Waals surface area contributed by atoms with Gasteiger partial charge in [0.15, 0.2) is 0 Å². The van der Waals surface area contributed by atoms with Crippen LogP contribution in [0.25, 0.3) is 0 Å². The first-order valence-corrected chi connectivity index (χ1v) is 11.2. The molecular formula is C23H36N6O4. The number of nitrogens with one attached hydrogen (secondary N) is 2. The van der Waals surface area contributed by atoms with Crippen molar-refractivity contribution >= 4 is 23.6 Å². The highest BCUT2D eigenvalue weighted by Crippen LogP contribution is 2.32. The van der Waals surface area contributed by atoms with E-state index in [4.69, 9.17) is 5.73 Å². The Labute approximate surface area is 195 Å². The quantitative estimate of drug-likeness (QED) is 0.546. The number of likely N-dealkylation sites (tertiary alicyclic amines) is 1.